The lowest BCUT2D eigenvalue weighted by molar-refractivity contribution is -0.130. The Bertz CT molecular complexity index is 683. The van der Waals surface area contributed by atoms with E-state index in [9.17, 15) is 4.79 Å². The fourth-order valence-electron chi connectivity index (χ4n) is 2.77. The van der Waals surface area contributed by atoms with Crippen molar-refractivity contribution in [3.63, 3.8) is 0 Å². The summed E-state index contributed by atoms with van der Waals surface area (Å²) in [6.45, 7) is 7.33. The van der Waals surface area contributed by atoms with Crippen LogP contribution in [0.4, 0.5) is 0 Å². The molecule has 1 aromatic heterocycles. The molecule has 0 spiro atoms. The van der Waals surface area contributed by atoms with Gasteiger partial charge in [-0.05, 0) is 26.3 Å². The van der Waals surface area contributed by atoms with Crippen LogP contribution in [0.1, 0.15) is 31.3 Å². The molecule has 7 heteroatoms. The maximum absolute atomic E-state index is 13.0. The average molecular weight is 331 g/mol. The van der Waals surface area contributed by atoms with Gasteiger partial charge in [-0.1, -0.05) is 42.1 Å². The molecular weight excluding hydrogens is 310 g/mol. The SMILES string of the molecule is CCN(CC)C(=O)C1Sc2nnc(C)n2NC1c1ccccc1. The molecule has 6 nitrogen and oxygen atoms in total. The quantitative estimate of drug-likeness (QED) is 0.931. The number of amides is 1. The average Bonchev–Trinajstić information content (AvgIpc) is 2.96. The number of hydrogen-bond donors (Lipinski definition) is 1. The first-order valence-corrected chi connectivity index (χ1v) is 8.72. The van der Waals surface area contributed by atoms with Gasteiger partial charge in [-0.3, -0.25) is 4.79 Å². The van der Waals surface area contributed by atoms with Crippen LogP contribution in [-0.4, -0.2) is 44.0 Å². The van der Waals surface area contributed by atoms with E-state index in [4.69, 9.17) is 0 Å². The molecule has 0 fully saturated rings. The van der Waals surface area contributed by atoms with E-state index in [0.29, 0.717) is 13.1 Å². The number of carbonyl (C=O) groups excluding carboxylic acids is 1. The van der Waals surface area contributed by atoms with Crippen LogP contribution in [0.5, 0.6) is 0 Å². The van der Waals surface area contributed by atoms with E-state index < -0.39 is 0 Å². The number of rotatable bonds is 4. The van der Waals surface area contributed by atoms with Gasteiger partial charge < -0.3 is 10.3 Å². The van der Waals surface area contributed by atoms with Crippen LogP contribution >= 0.6 is 11.8 Å². The van der Waals surface area contributed by atoms with Crippen LogP contribution in [0.2, 0.25) is 0 Å². The van der Waals surface area contributed by atoms with Gasteiger partial charge in [-0.25, -0.2) is 4.68 Å². The van der Waals surface area contributed by atoms with Crippen LogP contribution in [-0.2, 0) is 4.79 Å². The number of carbonyl (C=O) groups is 1. The van der Waals surface area contributed by atoms with E-state index in [-0.39, 0.29) is 17.2 Å². The van der Waals surface area contributed by atoms with Crippen LogP contribution < -0.4 is 5.43 Å². The molecule has 1 aliphatic heterocycles. The lowest BCUT2D eigenvalue weighted by Crippen LogP contribution is -2.46. The van der Waals surface area contributed by atoms with Crippen molar-refractivity contribution in [2.24, 2.45) is 0 Å². The molecule has 0 saturated carbocycles. The first-order valence-electron chi connectivity index (χ1n) is 7.84. The summed E-state index contributed by atoms with van der Waals surface area (Å²) >= 11 is 1.48. The van der Waals surface area contributed by atoms with E-state index in [1.165, 1.54) is 11.8 Å². The number of benzene rings is 1. The van der Waals surface area contributed by atoms with E-state index in [1.807, 2.05) is 60.7 Å². The highest BCUT2D eigenvalue weighted by Crippen LogP contribution is 2.37. The molecule has 1 N–H and O–H groups in total. The number of thioether (sulfide) groups is 1. The molecule has 1 aliphatic rings. The second kappa shape index (κ2) is 6.62. The van der Waals surface area contributed by atoms with Gasteiger partial charge in [0.1, 0.15) is 11.1 Å². The summed E-state index contributed by atoms with van der Waals surface area (Å²) in [5, 5.41) is 8.76. The molecule has 0 saturated heterocycles. The Balaban J connectivity index is 1.99. The molecule has 1 amide bonds. The van der Waals surface area contributed by atoms with Gasteiger partial charge in [-0.2, -0.15) is 0 Å². The predicted molar refractivity (Wildman–Crippen MR) is 90.9 cm³/mol. The second-order valence-electron chi connectivity index (χ2n) is 5.43. The number of nitrogens with zero attached hydrogens (tertiary/aromatic N) is 4. The first kappa shape index (κ1) is 15.9. The molecule has 23 heavy (non-hydrogen) atoms. The van der Waals surface area contributed by atoms with Crippen molar-refractivity contribution in [3.8, 4) is 0 Å². The highest BCUT2D eigenvalue weighted by atomic mass is 32.2. The summed E-state index contributed by atoms with van der Waals surface area (Å²) in [6, 6.07) is 9.95. The number of nitrogens with one attached hydrogen (secondary N) is 1. The van der Waals surface area contributed by atoms with Gasteiger partial charge in [0.05, 0.1) is 6.04 Å². The van der Waals surface area contributed by atoms with Gasteiger partial charge in [0.25, 0.3) is 0 Å². The highest BCUT2D eigenvalue weighted by Gasteiger charge is 2.38. The summed E-state index contributed by atoms with van der Waals surface area (Å²) < 4.78 is 1.87. The largest absolute Gasteiger partial charge is 0.342 e. The Morgan fingerprint density at radius 3 is 2.61 bits per heavy atom. The van der Waals surface area contributed by atoms with Crippen LogP contribution in [0.15, 0.2) is 35.5 Å². The van der Waals surface area contributed by atoms with Crippen molar-refractivity contribution in [2.45, 2.75) is 37.2 Å². The lowest BCUT2D eigenvalue weighted by Gasteiger charge is -2.35. The van der Waals surface area contributed by atoms with E-state index >= 15 is 0 Å². The van der Waals surface area contributed by atoms with Crippen molar-refractivity contribution in [1.82, 2.24) is 19.8 Å². The van der Waals surface area contributed by atoms with Crippen molar-refractivity contribution in [3.05, 3.63) is 41.7 Å². The van der Waals surface area contributed by atoms with Crippen LogP contribution in [0, 0.1) is 6.92 Å². The molecule has 0 aliphatic carbocycles. The van der Waals surface area contributed by atoms with Gasteiger partial charge in [-0.15, -0.1) is 10.2 Å². The molecule has 2 heterocycles. The first-order chi connectivity index (χ1) is 11.2. The maximum Gasteiger partial charge on any atom is 0.238 e. The lowest BCUT2D eigenvalue weighted by atomic mass is 10.0. The van der Waals surface area contributed by atoms with Crippen molar-refractivity contribution < 1.29 is 4.79 Å². The predicted octanol–water partition coefficient (Wildman–Crippen LogP) is 2.21. The maximum atomic E-state index is 13.0. The Hall–Kier alpha value is -2.02. The molecule has 0 radical (unpaired) electrons. The summed E-state index contributed by atoms with van der Waals surface area (Å²) in [5.74, 6) is 0.926. The summed E-state index contributed by atoms with van der Waals surface area (Å²) in [6.07, 6.45) is 0. The zero-order chi connectivity index (χ0) is 16.4. The Kier molecular flexibility index (Phi) is 4.56. The smallest absolute Gasteiger partial charge is 0.238 e. The van der Waals surface area contributed by atoms with Crippen LogP contribution in [0.25, 0.3) is 0 Å². The number of aromatic nitrogens is 3. The number of fused-ring (bicyclic) bond motifs is 1. The van der Waals surface area contributed by atoms with Gasteiger partial charge in [0, 0.05) is 13.1 Å². The number of hydrogen-bond acceptors (Lipinski definition) is 5. The van der Waals surface area contributed by atoms with Crippen molar-refractivity contribution in [1.29, 1.82) is 0 Å². The van der Waals surface area contributed by atoms with Gasteiger partial charge in [0.2, 0.25) is 11.1 Å². The summed E-state index contributed by atoms with van der Waals surface area (Å²) in [7, 11) is 0. The third-order valence-electron chi connectivity index (χ3n) is 4.08. The second-order valence-corrected chi connectivity index (χ2v) is 6.54. The van der Waals surface area contributed by atoms with E-state index in [0.717, 1.165) is 16.5 Å². The minimum absolute atomic E-state index is 0.114. The van der Waals surface area contributed by atoms with Gasteiger partial charge in [0.15, 0.2) is 0 Å². The Morgan fingerprint density at radius 1 is 1.26 bits per heavy atom. The molecule has 1 aromatic carbocycles. The van der Waals surface area contributed by atoms with Gasteiger partial charge >= 0.3 is 0 Å². The van der Waals surface area contributed by atoms with E-state index in [1.54, 1.807) is 0 Å². The molecule has 122 valence electrons. The fraction of sp³-hybridized carbons (Fsp3) is 0.438. The zero-order valence-corrected chi connectivity index (χ0v) is 14.4. The molecule has 2 unspecified atom stereocenters. The third kappa shape index (κ3) is 2.93. The number of aryl methyl sites for hydroxylation is 1. The molecule has 2 aromatic rings. The highest BCUT2D eigenvalue weighted by molar-refractivity contribution is 8.00. The Labute approximate surface area is 140 Å². The van der Waals surface area contributed by atoms with Crippen LogP contribution in [0.3, 0.4) is 0 Å². The zero-order valence-electron chi connectivity index (χ0n) is 13.6. The third-order valence-corrected chi connectivity index (χ3v) is 5.28. The molecule has 3 rings (SSSR count). The Morgan fingerprint density at radius 2 is 1.96 bits per heavy atom. The minimum atomic E-state index is -0.256. The topological polar surface area (TPSA) is 63.1 Å². The molecule has 2 atom stereocenters. The summed E-state index contributed by atoms with van der Waals surface area (Å²) in [4.78, 5) is 14.8. The normalized spacial score (nSPS) is 19.8. The monoisotopic (exact) mass is 331 g/mol. The summed E-state index contributed by atoms with van der Waals surface area (Å²) in [5.41, 5.74) is 4.51. The molecule has 0 bridgehead atoms. The standard InChI is InChI=1S/C16H21N5OS/c1-4-20(5-2)15(22)14-13(12-9-7-6-8-10-12)19-21-11(3)17-18-16(21)23-14/h6-10,13-14,19H,4-5H2,1-3H3. The molecular formula is C16H21N5OS. The van der Waals surface area contributed by atoms with Crippen molar-refractivity contribution >= 4 is 17.7 Å². The fourth-order valence-corrected chi connectivity index (χ4v) is 3.98. The minimum Gasteiger partial charge on any atom is -0.342 e. The van der Waals surface area contributed by atoms with Crippen molar-refractivity contribution in [2.75, 3.05) is 18.5 Å². The van der Waals surface area contributed by atoms with E-state index in [2.05, 4.69) is 15.6 Å².